The molecule has 0 fully saturated rings. The van der Waals surface area contributed by atoms with Crippen molar-refractivity contribution in [3.05, 3.63) is 29.6 Å². The number of nitrogens with one attached hydrogen (secondary N) is 2. The minimum Gasteiger partial charge on any atom is -0.458 e. The third-order valence-corrected chi connectivity index (χ3v) is 3.51. The smallest absolute Gasteiger partial charge is 0.329 e. The molecular weight excluding hydrogens is 325 g/mol. The van der Waals surface area contributed by atoms with Crippen molar-refractivity contribution in [2.75, 3.05) is 5.32 Å². The highest BCUT2D eigenvalue weighted by Gasteiger charge is 2.30. The number of halogens is 1. The van der Waals surface area contributed by atoms with Gasteiger partial charge in [0.2, 0.25) is 0 Å². The summed E-state index contributed by atoms with van der Waals surface area (Å²) in [6, 6.07) is 3.75. The fraction of sp³-hybridized carbons (Fsp3) is 0.500. The van der Waals surface area contributed by atoms with E-state index in [2.05, 4.69) is 10.6 Å². The maximum Gasteiger partial charge on any atom is 0.329 e. The first-order valence-corrected chi connectivity index (χ1v) is 8.07. The van der Waals surface area contributed by atoms with Crippen LogP contribution in [0.2, 0.25) is 0 Å². The van der Waals surface area contributed by atoms with Gasteiger partial charge in [-0.25, -0.2) is 14.0 Å². The Bertz CT molecular complexity index is 677. The monoisotopic (exact) mass is 349 g/mol. The van der Waals surface area contributed by atoms with Gasteiger partial charge in [-0.3, -0.25) is 0 Å². The summed E-state index contributed by atoms with van der Waals surface area (Å²) in [5, 5.41) is 14.1. The zero-order valence-electron chi connectivity index (χ0n) is 15.1. The third-order valence-electron chi connectivity index (χ3n) is 3.51. The van der Waals surface area contributed by atoms with Crippen LogP contribution >= 0.6 is 0 Å². The zero-order valence-corrected chi connectivity index (χ0v) is 15.1. The van der Waals surface area contributed by atoms with Crippen molar-refractivity contribution in [2.24, 2.45) is 5.92 Å². The van der Waals surface area contributed by atoms with Crippen molar-refractivity contribution in [3.8, 4) is 6.07 Å². The molecule has 1 rings (SSSR count). The molecule has 0 spiro atoms. The van der Waals surface area contributed by atoms with Gasteiger partial charge in [-0.2, -0.15) is 5.26 Å². The molecular formula is C18H24FN3O3. The topological polar surface area (TPSA) is 91.2 Å². The molecule has 0 aliphatic rings. The van der Waals surface area contributed by atoms with E-state index in [-0.39, 0.29) is 17.2 Å². The van der Waals surface area contributed by atoms with Gasteiger partial charge in [0.1, 0.15) is 23.5 Å². The van der Waals surface area contributed by atoms with Crippen LogP contribution in [0, 0.1) is 23.1 Å². The Labute approximate surface area is 147 Å². The Hall–Kier alpha value is -2.62. The predicted molar refractivity (Wildman–Crippen MR) is 92.4 cm³/mol. The predicted octanol–water partition coefficient (Wildman–Crippen LogP) is 3.58. The number of anilines is 1. The summed E-state index contributed by atoms with van der Waals surface area (Å²) in [5.41, 5.74) is -0.521. The maximum absolute atomic E-state index is 13.2. The number of amides is 2. The average molecular weight is 349 g/mol. The summed E-state index contributed by atoms with van der Waals surface area (Å²) in [5.74, 6) is -1.25. The molecule has 0 saturated heterocycles. The molecule has 0 unspecified atom stereocenters. The summed E-state index contributed by atoms with van der Waals surface area (Å²) in [4.78, 5) is 24.6. The summed E-state index contributed by atoms with van der Waals surface area (Å²) < 4.78 is 18.5. The number of hydrogen-bond donors (Lipinski definition) is 2. The van der Waals surface area contributed by atoms with Gasteiger partial charge in [0.15, 0.2) is 0 Å². The van der Waals surface area contributed by atoms with Gasteiger partial charge in [0, 0.05) is 0 Å². The molecule has 2 amide bonds. The molecule has 2 atom stereocenters. The number of nitriles is 1. The molecule has 0 heterocycles. The molecule has 0 aliphatic heterocycles. The van der Waals surface area contributed by atoms with Crippen LogP contribution in [-0.4, -0.2) is 23.6 Å². The van der Waals surface area contributed by atoms with Crippen molar-refractivity contribution >= 4 is 17.7 Å². The van der Waals surface area contributed by atoms with E-state index in [4.69, 9.17) is 10.00 Å². The van der Waals surface area contributed by atoms with Crippen LogP contribution in [0.25, 0.3) is 0 Å². The van der Waals surface area contributed by atoms with E-state index >= 15 is 0 Å². The summed E-state index contributed by atoms with van der Waals surface area (Å²) in [6.07, 6.45) is 0.657. The van der Waals surface area contributed by atoms with E-state index in [0.717, 1.165) is 12.1 Å². The van der Waals surface area contributed by atoms with Crippen molar-refractivity contribution in [1.82, 2.24) is 5.32 Å². The number of carbonyl (C=O) groups is 2. The molecule has 1 aromatic carbocycles. The van der Waals surface area contributed by atoms with E-state index in [0.29, 0.717) is 6.42 Å². The molecule has 0 saturated carbocycles. The van der Waals surface area contributed by atoms with Gasteiger partial charge < -0.3 is 15.4 Å². The highest BCUT2D eigenvalue weighted by Crippen LogP contribution is 2.17. The number of benzene rings is 1. The van der Waals surface area contributed by atoms with Gasteiger partial charge in [-0.05, 0) is 44.9 Å². The number of nitrogens with zero attached hydrogens (tertiary/aromatic N) is 1. The first kappa shape index (κ1) is 20.4. The van der Waals surface area contributed by atoms with Crippen molar-refractivity contribution in [1.29, 1.82) is 5.26 Å². The normalized spacial score (nSPS) is 13.3. The molecule has 0 aromatic heterocycles. The largest absolute Gasteiger partial charge is 0.458 e. The lowest BCUT2D eigenvalue weighted by atomic mass is 9.99. The van der Waals surface area contributed by atoms with Crippen LogP contribution < -0.4 is 10.6 Å². The van der Waals surface area contributed by atoms with Gasteiger partial charge in [-0.1, -0.05) is 20.3 Å². The quantitative estimate of drug-likeness (QED) is 0.795. The fourth-order valence-corrected chi connectivity index (χ4v) is 2.05. The molecule has 7 heteroatoms. The van der Waals surface area contributed by atoms with E-state index in [1.807, 2.05) is 19.9 Å². The second kappa shape index (κ2) is 8.47. The van der Waals surface area contributed by atoms with E-state index in [9.17, 15) is 14.0 Å². The van der Waals surface area contributed by atoms with Crippen LogP contribution in [0.1, 0.15) is 46.6 Å². The molecule has 25 heavy (non-hydrogen) atoms. The Morgan fingerprint density at radius 3 is 2.52 bits per heavy atom. The van der Waals surface area contributed by atoms with E-state index < -0.39 is 29.5 Å². The molecule has 136 valence electrons. The highest BCUT2D eigenvalue weighted by atomic mass is 19.1. The minimum atomic E-state index is -0.838. The average Bonchev–Trinajstić information content (AvgIpc) is 2.51. The number of ether oxygens (including phenoxy) is 1. The Kier molecular flexibility index (Phi) is 6.92. The molecule has 0 bridgehead atoms. The Morgan fingerprint density at radius 2 is 2.00 bits per heavy atom. The van der Waals surface area contributed by atoms with Gasteiger partial charge in [-0.15, -0.1) is 0 Å². The highest BCUT2D eigenvalue weighted by molar-refractivity contribution is 5.93. The lowest BCUT2D eigenvalue weighted by molar-refractivity contribution is -0.158. The number of hydrogen-bond acceptors (Lipinski definition) is 4. The number of urea groups is 1. The first-order valence-electron chi connectivity index (χ1n) is 8.07. The minimum absolute atomic E-state index is 0.00694. The number of rotatable bonds is 5. The maximum atomic E-state index is 13.2. The van der Waals surface area contributed by atoms with E-state index in [1.165, 1.54) is 6.07 Å². The van der Waals surface area contributed by atoms with Crippen molar-refractivity contribution < 1.29 is 18.7 Å². The van der Waals surface area contributed by atoms with Crippen LogP contribution in [0.15, 0.2) is 18.2 Å². The van der Waals surface area contributed by atoms with Crippen molar-refractivity contribution in [3.63, 3.8) is 0 Å². The lowest BCUT2D eigenvalue weighted by Gasteiger charge is -2.27. The van der Waals surface area contributed by atoms with Gasteiger partial charge >= 0.3 is 12.0 Å². The van der Waals surface area contributed by atoms with Gasteiger partial charge in [0.25, 0.3) is 0 Å². The molecule has 0 aliphatic carbocycles. The van der Waals surface area contributed by atoms with Crippen LogP contribution in [-0.2, 0) is 9.53 Å². The SMILES string of the molecule is CC[C@H](C)[C@H](NC(=O)Nc1ccc(F)cc1C#N)C(=O)OC(C)(C)C. The summed E-state index contributed by atoms with van der Waals surface area (Å²) in [7, 11) is 0. The first-order chi connectivity index (χ1) is 11.6. The summed E-state index contributed by atoms with van der Waals surface area (Å²) >= 11 is 0. The molecule has 0 radical (unpaired) electrons. The zero-order chi connectivity index (χ0) is 19.2. The second-order valence-electron chi connectivity index (χ2n) is 6.80. The van der Waals surface area contributed by atoms with Crippen molar-refractivity contribution in [2.45, 2.75) is 52.7 Å². The third kappa shape index (κ3) is 6.42. The number of esters is 1. The lowest BCUT2D eigenvalue weighted by Crippen LogP contribution is -2.49. The van der Waals surface area contributed by atoms with E-state index in [1.54, 1.807) is 20.8 Å². The standard InChI is InChI=1S/C18H24FN3O3/c1-6-11(2)15(16(23)25-18(3,4)5)22-17(24)21-14-8-7-13(19)9-12(14)10-20/h7-9,11,15H,6H2,1-5H3,(H2,21,22,24)/t11-,15-/m0/s1. The van der Waals surface area contributed by atoms with Crippen LogP contribution in [0.3, 0.4) is 0 Å². The Morgan fingerprint density at radius 1 is 1.36 bits per heavy atom. The number of carbonyl (C=O) groups excluding carboxylic acids is 2. The molecule has 2 N–H and O–H groups in total. The van der Waals surface area contributed by atoms with Crippen LogP contribution in [0.5, 0.6) is 0 Å². The molecule has 6 nitrogen and oxygen atoms in total. The Balaban J connectivity index is 2.89. The molecule has 1 aromatic rings. The van der Waals surface area contributed by atoms with Gasteiger partial charge in [0.05, 0.1) is 11.3 Å². The van der Waals surface area contributed by atoms with Crippen LogP contribution in [0.4, 0.5) is 14.9 Å². The fourth-order valence-electron chi connectivity index (χ4n) is 2.05. The summed E-state index contributed by atoms with van der Waals surface area (Å²) in [6.45, 7) is 8.96. The second-order valence-corrected chi connectivity index (χ2v) is 6.80.